The van der Waals surface area contributed by atoms with E-state index in [9.17, 15) is 5.11 Å². The van der Waals surface area contributed by atoms with E-state index in [2.05, 4.69) is 28.9 Å². The third-order valence-corrected chi connectivity index (χ3v) is 3.92. The van der Waals surface area contributed by atoms with Gasteiger partial charge in [0.05, 0.1) is 6.54 Å². The molecule has 0 bridgehead atoms. The minimum atomic E-state index is 0.186. The number of allylic oxidation sites excluding steroid dienone is 1. The molecule has 1 aliphatic rings. The summed E-state index contributed by atoms with van der Waals surface area (Å²) in [5.74, 6) is 1.09. The molecule has 0 atom stereocenters. The average Bonchev–Trinajstić information content (AvgIpc) is 2.47. The lowest BCUT2D eigenvalue weighted by atomic mass is 9.99. The molecule has 20 heavy (non-hydrogen) atoms. The molecule has 110 valence electrons. The van der Waals surface area contributed by atoms with E-state index in [4.69, 9.17) is 5.73 Å². The Bertz CT molecular complexity index is 451. The first kappa shape index (κ1) is 15.0. The number of aromatic nitrogens is 1. The number of nitrogens with two attached hydrogens (primary N) is 1. The predicted octanol–water partition coefficient (Wildman–Crippen LogP) is 2.26. The molecule has 0 aliphatic carbocycles. The van der Waals surface area contributed by atoms with E-state index in [-0.39, 0.29) is 12.3 Å². The van der Waals surface area contributed by atoms with Gasteiger partial charge in [0.25, 0.3) is 0 Å². The van der Waals surface area contributed by atoms with Crippen molar-refractivity contribution < 1.29 is 5.11 Å². The van der Waals surface area contributed by atoms with E-state index in [1.165, 1.54) is 31.5 Å². The van der Waals surface area contributed by atoms with Crippen LogP contribution in [0.1, 0.15) is 31.0 Å². The minimum absolute atomic E-state index is 0.186. The highest BCUT2D eigenvalue weighted by Gasteiger charge is 2.15. The van der Waals surface area contributed by atoms with E-state index >= 15 is 0 Å². The van der Waals surface area contributed by atoms with Crippen molar-refractivity contribution in [3.63, 3.8) is 0 Å². The van der Waals surface area contributed by atoms with Gasteiger partial charge in [0.1, 0.15) is 5.76 Å². The molecular formula is C16H25N3O. The zero-order valence-corrected chi connectivity index (χ0v) is 12.3. The van der Waals surface area contributed by atoms with Crippen LogP contribution in [0, 0.1) is 5.92 Å². The Balaban J connectivity index is 1.92. The summed E-state index contributed by atoms with van der Waals surface area (Å²) in [7, 11) is 0. The third kappa shape index (κ3) is 4.62. The average molecular weight is 275 g/mol. The second-order valence-electron chi connectivity index (χ2n) is 5.72. The van der Waals surface area contributed by atoms with Crippen LogP contribution in [-0.4, -0.2) is 34.6 Å². The molecule has 4 heteroatoms. The van der Waals surface area contributed by atoms with Crippen molar-refractivity contribution in [3.8, 4) is 0 Å². The summed E-state index contributed by atoms with van der Waals surface area (Å²) in [5, 5.41) is 9.37. The Morgan fingerprint density at radius 3 is 2.95 bits per heavy atom. The van der Waals surface area contributed by atoms with E-state index < -0.39 is 0 Å². The molecule has 1 aromatic rings. The molecule has 2 rings (SSSR count). The van der Waals surface area contributed by atoms with Gasteiger partial charge in [0.15, 0.2) is 0 Å². The van der Waals surface area contributed by atoms with Crippen molar-refractivity contribution in [3.05, 3.63) is 41.4 Å². The van der Waals surface area contributed by atoms with Crippen molar-refractivity contribution >= 4 is 0 Å². The molecule has 1 saturated heterocycles. The monoisotopic (exact) mass is 275 g/mol. The number of likely N-dealkylation sites (tertiary alicyclic amines) is 1. The fourth-order valence-corrected chi connectivity index (χ4v) is 2.52. The molecule has 0 radical (unpaired) electrons. The van der Waals surface area contributed by atoms with Crippen molar-refractivity contribution in [2.75, 3.05) is 19.6 Å². The van der Waals surface area contributed by atoms with Crippen molar-refractivity contribution in [1.29, 1.82) is 0 Å². The van der Waals surface area contributed by atoms with E-state index in [0.717, 1.165) is 18.2 Å². The molecular weight excluding hydrogens is 250 g/mol. The van der Waals surface area contributed by atoms with Gasteiger partial charge < -0.3 is 10.8 Å². The molecule has 4 nitrogen and oxygen atoms in total. The molecule has 0 amide bonds. The van der Waals surface area contributed by atoms with Gasteiger partial charge in [-0.1, -0.05) is 6.92 Å². The first-order valence-electron chi connectivity index (χ1n) is 7.41. The van der Waals surface area contributed by atoms with E-state index in [1.807, 2.05) is 6.20 Å². The summed E-state index contributed by atoms with van der Waals surface area (Å²) in [5.41, 5.74) is 7.63. The van der Waals surface area contributed by atoms with Crippen LogP contribution in [0.15, 0.2) is 30.2 Å². The van der Waals surface area contributed by atoms with Gasteiger partial charge in [-0.05, 0) is 55.6 Å². The number of hydrogen-bond acceptors (Lipinski definition) is 4. The molecule has 0 saturated carbocycles. The number of pyridine rings is 1. The lowest BCUT2D eigenvalue weighted by molar-refractivity contribution is 0.185. The Morgan fingerprint density at radius 2 is 2.25 bits per heavy atom. The number of rotatable bonds is 5. The highest BCUT2D eigenvalue weighted by atomic mass is 16.3. The summed E-state index contributed by atoms with van der Waals surface area (Å²) >= 11 is 0. The van der Waals surface area contributed by atoms with E-state index in [1.54, 1.807) is 6.08 Å². The Hall–Kier alpha value is -1.39. The van der Waals surface area contributed by atoms with Crippen molar-refractivity contribution in [2.24, 2.45) is 11.7 Å². The highest BCUT2D eigenvalue weighted by Crippen LogP contribution is 2.18. The number of hydrogen-bond donors (Lipinski definition) is 2. The number of aliphatic hydroxyl groups excluding tert-OH is 1. The van der Waals surface area contributed by atoms with Crippen LogP contribution in [-0.2, 0) is 13.0 Å². The smallest absolute Gasteiger partial charge is 0.102 e. The maximum Gasteiger partial charge on any atom is 0.102 e. The van der Waals surface area contributed by atoms with Crippen molar-refractivity contribution in [2.45, 2.75) is 32.7 Å². The summed E-state index contributed by atoms with van der Waals surface area (Å²) in [6.45, 7) is 5.89. The predicted molar refractivity (Wildman–Crippen MR) is 81.4 cm³/mol. The number of piperidine rings is 1. The van der Waals surface area contributed by atoms with Gasteiger partial charge in [-0.3, -0.25) is 9.88 Å². The first-order valence-corrected chi connectivity index (χ1v) is 7.41. The fourth-order valence-electron chi connectivity index (χ4n) is 2.52. The van der Waals surface area contributed by atoms with Gasteiger partial charge in [0.2, 0.25) is 0 Å². The fraction of sp³-hybridized carbons (Fsp3) is 0.562. The molecule has 1 aromatic heterocycles. The second-order valence-corrected chi connectivity index (χ2v) is 5.72. The lowest BCUT2D eigenvalue weighted by Crippen LogP contribution is -2.32. The summed E-state index contributed by atoms with van der Waals surface area (Å²) < 4.78 is 0. The van der Waals surface area contributed by atoms with Gasteiger partial charge in [-0.15, -0.1) is 0 Å². The molecule has 0 unspecified atom stereocenters. The summed E-state index contributed by atoms with van der Waals surface area (Å²) in [6.07, 6.45) is 6.81. The zero-order chi connectivity index (χ0) is 14.4. The van der Waals surface area contributed by atoms with Crippen LogP contribution in [0.2, 0.25) is 0 Å². The molecule has 3 N–H and O–H groups in total. The van der Waals surface area contributed by atoms with Gasteiger partial charge in [-0.2, -0.15) is 0 Å². The van der Waals surface area contributed by atoms with Gasteiger partial charge in [0, 0.05) is 24.9 Å². The maximum atomic E-state index is 9.37. The number of aliphatic hydroxyl groups is 1. The molecule has 1 fully saturated rings. The van der Waals surface area contributed by atoms with Crippen LogP contribution in [0.4, 0.5) is 0 Å². The summed E-state index contributed by atoms with van der Waals surface area (Å²) in [6, 6.07) is 4.20. The molecule has 2 heterocycles. The summed E-state index contributed by atoms with van der Waals surface area (Å²) in [4.78, 5) is 6.84. The standard InChI is InChI=1S/C16H25N3O/c1-13-5-8-19(9-6-13)12-14-4-7-18-15(10-14)2-3-16(20)11-17/h3-4,7,10,13,20H,2,5-6,8-9,11-12,17H2,1H3/b16-3+. The molecule has 0 spiro atoms. The van der Waals surface area contributed by atoms with Crippen LogP contribution in [0.3, 0.4) is 0 Å². The largest absolute Gasteiger partial charge is 0.511 e. The SMILES string of the molecule is CC1CCN(Cc2ccnc(C/C=C(/O)CN)c2)CC1. The van der Waals surface area contributed by atoms with Crippen LogP contribution < -0.4 is 5.73 Å². The Kier molecular flexibility index (Phi) is 5.56. The van der Waals surface area contributed by atoms with Crippen LogP contribution in [0.25, 0.3) is 0 Å². The quantitative estimate of drug-likeness (QED) is 0.809. The lowest BCUT2D eigenvalue weighted by Gasteiger charge is -2.30. The van der Waals surface area contributed by atoms with Crippen molar-refractivity contribution in [1.82, 2.24) is 9.88 Å². The third-order valence-electron chi connectivity index (χ3n) is 3.92. The maximum absolute atomic E-state index is 9.37. The van der Waals surface area contributed by atoms with Gasteiger partial charge in [-0.25, -0.2) is 0 Å². The molecule has 1 aliphatic heterocycles. The van der Waals surface area contributed by atoms with Gasteiger partial charge >= 0.3 is 0 Å². The van der Waals surface area contributed by atoms with Crippen LogP contribution >= 0.6 is 0 Å². The zero-order valence-electron chi connectivity index (χ0n) is 12.3. The van der Waals surface area contributed by atoms with E-state index in [0.29, 0.717) is 6.42 Å². The second kappa shape index (κ2) is 7.41. The Labute approximate surface area is 121 Å². The first-order chi connectivity index (χ1) is 9.67. The normalized spacial score (nSPS) is 18.4. The topological polar surface area (TPSA) is 62.4 Å². The minimum Gasteiger partial charge on any atom is -0.511 e. The highest BCUT2D eigenvalue weighted by molar-refractivity contribution is 5.18. The van der Waals surface area contributed by atoms with Crippen LogP contribution in [0.5, 0.6) is 0 Å². The number of nitrogens with zero attached hydrogens (tertiary/aromatic N) is 2. The molecule has 0 aromatic carbocycles. The Morgan fingerprint density at radius 1 is 1.50 bits per heavy atom.